The van der Waals surface area contributed by atoms with Crippen molar-refractivity contribution in [3.8, 4) is 0 Å². The molecule has 0 saturated carbocycles. The molecule has 1 fully saturated rings. The zero-order valence-electron chi connectivity index (χ0n) is 11.8. The first-order valence-electron chi connectivity index (χ1n) is 6.85. The van der Waals surface area contributed by atoms with Gasteiger partial charge < -0.3 is 15.8 Å². The third-order valence-electron chi connectivity index (χ3n) is 3.09. The Morgan fingerprint density at radius 3 is 2.50 bits per heavy atom. The SMILES string of the molecule is CC(C)C[C@H](N)C(=O)NC(C)CN1CCOCC1. The van der Waals surface area contributed by atoms with Crippen molar-refractivity contribution in [2.45, 2.75) is 39.3 Å². The first-order valence-corrected chi connectivity index (χ1v) is 6.85. The van der Waals surface area contributed by atoms with E-state index < -0.39 is 6.04 Å². The van der Waals surface area contributed by atoms with E-state index in [0.717, 1.165) is 39.3 Å². The van der Waals surface area contributed by atoms with Crippen LogP contribution in [0.1, 0.15) is 27.2 Å². The Labute approximate surface area is 110 Å². The molecular weight excluding hydrogens is 230 g/mol. The van der Waals surface area contributed by atoms with Crippen molar-refractivity contribution in [1.29, 1.82) is 0 Å². The highest BCUT2D eigenvalue weighted by Gasteiger charge is 2.19. The maximum atomic E-state index is 11.9. The van der Waals surface area contributed by atoms with Gasteiger partial charge >= 0.3 is 0 Å². The second kappa shape index (κ2) is 7.71. The number of rotatable bonds is 6. The van der Waals surface area contributed by atoms with E-state index in [1.165, 1.54) is 0 Å². The van der Waals surface area contributed by atoms with Crippen LogP contribution in [-0.2, 0) is 9.53 Å². The average Bonchev–Trinajstić information content (AvgIpc) is 2.29. The van der Waals surface area contributed by atoms with Crippen LogP contribution in [0.5, 0.6) is 0 Å². The molecule has 0 aromatic carbocycles. The molecule has 1 aliphatic rings. The first-order chi connectivity index (χ1) is 8.49. The highest BCUT2D eigenvalue weighted by Crippen LogP contribution is 2.03. The number of hydrogen-bond acceptors (Lipinski definition) is 4. The zero-order valence-corrected chi connectivity index (χ0v) is 11.8. The van der Waals surface area contributed by atoms with Crippen molar-refractivity contribution in [2.75, 3.05) is 32.8 Å². The summed E-state index contributed by atoms with van der Waals surface area (Å²) in [6.07, 6.45) is 0.732. The monoisotopic (exact) mass is 257 g/mol. The van der Waals surface area contributed by atoms with Gasteiger partial charge in [0.05, 0.1) is 19.3 Å². The molecule has 0 aromatic heterocycles. The summed E-state index contributed by atoms with van der Waals surface area (Å²) in [5.74, 6) is 0.407. The molecule has 0 radical (unpaired) electrons. The van der Waals surface area contributed by atoms with E-state index >= 15 is 0 Å². The fraction of sp³-hybridized carbons (Fsp3) is 0.923. The van der Waals surface area contributed by atoms with Crippen molar-refractivity contribution < 1.29 is 9.53 Å². The van der Waals surface area contributed by atoms with Crippen LogP contribution in [0, 0.1) is 5.92 Å². The minimum Gasteiger partial charge on any atom is -0.379 e. The lowest BCUT2D eigenvalue weighted by molar-refractivity contribution is -0.123. The van der Waals surface area contributed by atoms with Crippen LogP contribution in [0.4, 0.5) is 0 Å². The van der Waals surface area contributed by atoms with Crippen LogP contribution in [0.3, 0.4) is 0 Å². The van der Waals surface area contributed by atoms with Gasteiger partial charge in [0.25, 0.3) is 0 Å². The summed E-state index contributed by atoms with van der Waals surface area (Å²) in [5, 5.41) is 2.99. The lowest BCUT2D eigenvalue weighted by atomic mass is 10.0. The number of carbonyl (C=O) groups excluding carboxylic acids is 1. The van der Waals surface area contributed by atoms with Crippen LogP contribution >= 0.6 is 0 Å². The van der Waals surface area contributed by atoms with Gasteiger partial charge in [0.1, 0.15) is 0 Å². The van der Waals surface area contributed by atoms with Crippen molar-refractivity contribution >= 4 is 5.91 Å². The van der Waals surface area contributed by atoms with Gasteiger partial charge in [-0.2, -0.15) is 0 Å². The Kier molecular flexibility index (Phi) is 6.60. The summed E-state index contributed by atoms with van der Waals surface area (Å²) in [5.41, 5.74) is 5.85. The average molecular weight is 257 g/mol. The molecule has 0 aromatic rings. The number of ether oxygens (including phenoxy) is 1. The van der Waals surface area contributed by atoms with Gasteiger partial charge in [-0.3, -0.25) is 9.69 Å². The molecule has 1 aliphatic heterocycles. The number of amides is 1. The molecule has 0 aliphatic carbocycles. The molecule has 0 spiro atoms. The van der Waals surface area contributed by atoms with E-state index in [-0.39, 0.29) is 11.9 Å². The highest BCUT2D eigenvalue weighted by atomic mass is 16.5. The smallest absolute Gasteiger partial charge is 0.237 e. The molecule has 1 heterocycles. The number of hydrogen-bond donors (Lipinski definition) is 2. The Hall–Kier alpha value is -0.650. The molecule has 5 nitrogen and oxygen atoms in total. The highest BCUT2D eigenvalue weighted by molar-refractivity contribution is 5.81. The zero-order chi connectivity index (χ0) is 13.5. The normalized spacial score (nSPS) is 20.7. The van der Waals surface area contributed by atoms with Crippen molar-refractivity contribution in [3.63, 3.8) is 0 Å². The molecule has 1 rings (SSSR count). The summed E-state index contributed by atoms with van der Waals surface area (Å²) in [6.45, 7) is 10.5. The maximum Gasteiger partial charge on any atom is 0.237 e. The molecule has 1 unspecified atom stereocenters. The van der Waals surface area contributed by atoms with E-state index in [0.29, 0.717) is 5.92 Å². The molecule has 5 heteroatoms. The lowest BCUT2D eigenvalue weighted by Crippen LogP contribution is -2.50. The van der Waals surface area contributed by atoms with Gasteiger partial charge in [0, 0.05) is 25.7 Å². The van der Waals surface area contributed by atoms with Gasteiger partial charge in [-0.25, -0.2) is 0 Å². The fourth-order valence-corrected chi connectivity index (χ4v) is 2.18. The molecule has 18 heavy (non-hydrogen) atoms. The number of nitrogens with zero attached hydrogens (tertiary/aromatic N) is 1. The summed E-state index contributed by atoms with van der Waals surface area (Å²) >= 11 is 0. The molecule has 1 amide bonds. The van der Waals surface area contributed by atoms with Crippen LogP contribution in [0.15, 0.2) is 0 Å². The van der Waals surface area contributed by atoms with Crippen LogP contribution in [0.25, 0.3) is 0 Å². The summed E-state index contributed by atoms with van der Waals surface area (Å²) < 4.78 is 5.30. The summed E-state index contributed by atoms with van der Waals surface area (Å²) in [7, 11) is 0. The van der Waals surface area contributed by atoms with Gasteiger partial charge in [-0.05, 0) is 19.3 Å². The van der Waals surface area contributed by atoms with Crippen LogP contribution in [-0.4, -0.2) is 55.7 Å². The van der Waals surface area contributed by atoms with Gasteiger partial charge in [-0.15, -0.1) is 0 Å². The second-order valence-electron chi connectivity index (χ2n) is 5.56. The third kappa shape index (κ3) is 5.80. The van der Waals surface area contributed by atoms with Crippen molar-refractivity contribution in [3.05, 3.63) is 0 Å². The van der Waals surface area contributed by atoms with Crippen LogP contribution in [0.2, 0.25) is 0 Å². The molecule has 3 N–H and O–H groups in total. The lowest BCUT2D eigenvalue weighted by Gasteiger charge is -2.29. The maximum absolute atomic E-state index is 11.9. The Morgan fingerprint density at radius 1 is 1.33 bits per heavy atom. The Balaban J connectivity index is 2.25. The predicted octanol–water partition coefficient (Wildman–Crippen LogP) is 0.197. The fourth-order valence-electron chi connectivity index (χ4n) is 2.18. The van der Waals surface area contributed by atoms with E-state index in [4.69, 9.17) is 10.5 Å². The van der Waals surface area contributed by atoms with Crippen LogP contribution < -0.4 is 11.1 Å². The molecule has 106 valence electrons. The number of nitrogens with one attached hydrogen (secondary N) is 1. The van der Waals surface area contributed by atoms with Gasteiger partial charge in [0.15, 0.2) is 0 Å². The quantitative estimate of drug-likeness (QED) is 0.713. The molecule has 1 saturated heterocycles. The second-order valence-corrected chi connectivity index (χ2v) is 5.56. The number of nitrogens with two attached hydrogens (primary N) is 1. The van der Waals surface area contributed by atoms with E-state index in [1.807, 2.05) is 6.92 Å². The topological polar surface area (TPSA) is 67.6 Å². The standard InChI is InChI=1S/C13H27N3O2/c1-10(2)8-12(14)13(17)15-11(3)9-16-4-6-18-7-5-16/h10-12H,4-9,14H2,1-3H3,(H,15,17)/t11?,12-/m0/s1. The summed E-state index contributed by atoms with van der Waals surface area (Å²) in [6, 6.07) is -0.258. The summed E-state index contributed by atoms with van der Waals surface area (Å²) in [4.78, 5) is 14.2. The van der Waals surface area contributed by atoms with Crippen molar-refractivity contribution in [1.82, 2.24) is 10.2 Å². The third-order valence-corrected chi connectivity index (χ3v) is 3.09. The largest absolute Gasteiger partial charge is 0.379 e. The molecule has 2 atom stereocenters. The predicted molar refractivity (Wildman–Crippen MR) is 72.3 cm³/mol. The Morgan fingerprint density at radius 2 is 1.94 bits per heavy atom. The minimum absolute atomic E-state index is 0.0375. The first kappa shape index (κ1) is 15.4. The van der Waals surface area contributed by atoms with Crippen molar-refractivity contribution in [2.24, 2.45) is 11.7 Å². The number of carbonyl (C=O) groups is 1. The molecule has 0 bridgehead atoms. The van der Waals surface area contributed by atoms with E-state index in [1.54, 1.807) is 0 Å². The molecular formula is C13H27N3O2. The minimum atomic E-state index is -0.392. The van der Waals surface area contributed by atoms with Gasteiger partial charge in [-0.1, -0.05) is 13.8 Å². The Bertz CT molecular complexity index is 253. The van der Waals surface area contributed by atoms with E-state index in [2.05, 4.69) is 24.1 Å². The number of morpholine rings is 1. The van der Waals surface area contributed by atoms with Gasteiger partial charge in [0.2, 0.25) is 5.91 Å². The van der Waals surface area contributed by atoms with E-state index in [9.17, 15) is 4.79 Å².